The highest BCUT2D eigenvalue weighted by molar-refractivity contribution is 9.10. The number of nitrogens with one attached hydrogen (secondary N) is 1. The lowest BCUT2D eigenvalue weighted by atomic mass is 10.2. The van der Waals surface area contributed by atoms with Gasteiger partial charge in [0.25, 0.3) is 5.56 Å². The van der Waals surface area contributed by atoms with Crippen LogP contribution < -0.4 is 11.3 Å². The summed E-state index contributed by atoms with van der Waals surface area (Å²) in [6.45, 7) is 1.62. The lowest BCUT2D eigenvalue weighted by Gasteiger charge is -2.14. The SMILES string of the molecule is C[C@H](OC(=O)c1ccnc(Br)c1N)c1nc2ccccc2c(=O)[nH]1. The van der Waals surface area contributed by atoms with Gasteiger partial charge in [-0.1, -0.05) is 12.1 Å². The molecule has 0 aliphatic carbocycles. The van der Waals surface area contributed by atoms with Gasteiger partial charge in [-0.15, -0.1) is 0 Å². The van der Waals surface area contributed by atoms with Crippen LogP contribution in [0.15, 0.2) is 45.9 Å². The molecule has 0 spiro atoms. The summed E-state index contributed by atoms with van der Waals surface area (Å²) < 4.78 is 5.72. The van der Waals surface area contributed by atoms with E-state index >= 15 is 0 Å². The lowest BCUT2D eigenvalue weighted by molar-refractivity contribution is 0.0321. The minimum Gasteiger partial charge on any atom is -0.451 e. The van der Waals surface area contributed by atoms with Crippen molar-refractivity contribution in [2.24, 2.45) is 0 Å². The van der Waals surface area contributed by atoms with Gasteiger partial charge in [0.1, 0.15) is 4.60 Å². The van der Waals surface area contributed by atoms with Crippen LogP contribution in [-0.4, -0.2) is 20.9 Å². The van der Waals surface area contributed by atoms with Crippen molar-refractivity contribution in [2.45, 2.75) is 13.0 Å². The molecule has 3 aromatic rings. The Labute approximate surface area is 145 Å². The van der Waals surface area contributed by atoms with Crippen molar-refractivity contribution in [1.82, 2.24) is 15.0 Å². The molecule has 0 aliphatic heterocycles. The average Bonchev–Trinajstić information content (AvgIpc) is 2.57. The molecule has 0 aliphatic rings. The second kappa shape index (κ2) is 6.40. The molecule has 0 radical (unpaired) electrons. The van der Waals surface area contributed by atoms with E-state index in [1.165, 1.54) is 12.3 Å². The Kier molecular flexibility index (Phi) is 4.30. The molecular weight excluding hydrogens is 376 g/mol. The number of hydrogen-bond acceptors (Lipinski definition) is 6. The van der Waals surface area contributed by atoms with E-state index in [1.54, 1.807) is 31.2 Å². The molecule has 2 heterocycles. The van der Waals surface area contributed by atoms with E-state index in [0.29, 0.717) is 15.5 Å². The van der Waals surface area contributed by atoms with Gasteiger partial charge >= 0.3 is 5.97 Å². The van der Waals surface area contributed by atoms with Crippen molar-refractivity contribution in [3.8, 4) is 0 Å². The van der Waals surface area contributed by atoms with E-state index in [2.05, 4.69) is 30.9 Å². The molecule has 7 nitrogen and oxygen atoms in total. The van der Waals surface area contributed by atoms with Gasteiger partial charge in [0.05, 0.1) is 22.2 Å². The molecular formula is C16H13BrN4O3. The Morgan fingerprint density at radius 3 is 2.88 bits per heavy atom. The van der Waals surface area contributed by atoms with Crippen molar-refractivity contribution in [3.63, 3.8) is 0 Å². The smallest absolute Gasteiger partial charge is 0.341 e. The number of nitrogens with zero attached hydrogens (tertiary/aromatic N) is 2. The van der Waals surface area contributed by atoms with E-state index in [0.717, 1.165) is 0 Å². The van der Waals surface area contributed by atoms with Gasteiger partial charge < -0.3 is 15.5 Å². The number of carbonyl (C=O) groups is 1. The fraction of sp³-hybridized carbons (Fsp3) is 0.125. The van der Waals surface area contributed by atoms with Gasteiger partial charge in [0.15, 0.2) is 11.9 Å². The molecule has 8 heteroatoms. The molecule has 2 aromatic heterocycles. The monoisotopic (exact) mass is 388 g/mol. The summed E-state index contributed by atoms with van der Waals surface area (Å²) in [4.78, 5) is 35.3. The first-order chi connectivity index (χ1) is 11.5. The first-order valence-electron chi connectivity index (χ1n) is 7.07. The molecule has 3 N–H and O–H groups in total. The molecule has 0 amide bonds. The summed E-state index contributed by atoms with van der Waals surface area (Å²) in [7, 11) is 0. The van der Waals surface area contributed by atoms with E-state index in [1.807, 2.05) is 0 Å². The molecule has 1 aromatic carbocycles. The largest absolute Gasteiger partial charge is 0.451 e. The Morgan fingerprint density at radius 1 is 1.33 bits per heavy atom. The van der Waals surface area contributed by atoms with Crippen LogP contribution in [0.1, 0.15) is 29.2 Å². The van der Waals surface area contributed by atoms with Crippen LogP contribution >= 0.6 is 15.9 Å². The second-order valence-electron chi connectivity index (χ2n) is 5.08. The zero-order valence-corrected chi connectivity index (χ0v) is 14.2. The Hall–Kier alpha value is -2.74. The van der Waals surface area contributed by atoms with Crippen molar-refractivity contribution in [3.05, 3.63) is 62.9 Å². The zero-order chi connectivity index (χ0) is 17.3. The maximum absolute atomic E-state index is 12.3. The number of aromatic amines is 1. The maximum atomic E-state index is 12.3. The van der Waals surface area contributed by atoms with Crippen molar-refractivity contribution in [1.29, 1.82) is 0 Å². The molecule has 24 heavy (non-hydrogen) atoms. The summed E-state index contributed by atoms with van der Waals surface area (Å²) in [6.07, 6.45) is 0.693. The zero-order valence-electron chi connectivity index (χ0n) is 12.6. The van der Waals surface area contributed by atoms with Gasteiger partial charge in [0.2, 0.25) is 0 Å². The van der Waals surface area contributed by atoms with Crippen molar-refractivity contribution < 1.29 is 9.53 Å². The third kappa shape index (κ3) is 3.00. The van der Waals surface area contributed by atoms with Gasteiger partial charge in [-0.3, -0.25) is 4.79 Å². The highest BCUT2D eigenvalue weighted by Crippen LogP contribution is 2.23. The van der Waals surface area contributed by atoms with E-state index in [4.69, 9.17) is 10.5 Å². The van der Waals surface area contributed by atoms with Crippen LogP contribution in [-0.2, 0) is 4.74 Å². The molecule has 3 rings (SSSR count). The standard InChI is InChI=1S/C16H13BrN4O3/c1-8(24-16(23)10-6-7-19-13(17)12(10)18)14-20-11-5-3-2-4-9(11)15(22)21-14/h2-8H,18H2,1H3,(H,20,21,22)/t8-/m0/s1. The molecule has 1 atom stereocenters. The number of anilines is 1. The van der Waals surface area contributed by atoms with Crippen LogP contribution in [0.4, 0.5) is 5.69 Å². The fourth-order valence-electron chi connectivity index (χ4n) is 2.20. The number of hydrogen-bond donors (Lipinski definition) is 2. The number of ether oxygens (including phenoxy) is 1. The number of rotatable bonds is 3. The van der Waals surface area contributed by atoms with Crippen LogP contribution in [0.2, 0.25) is 0 Å². The van der Waals surface area contributed by atoms with Gasteiger partial charge in [-0.2, -0.15) is 0 Å². The summed E-state index contributed by atoms with van der Waals surface area (Å²) in [5.41, 5.74) is 6.43. The second-order valence-corrected chi connectivity index (χ2v) is 5.83. The lowest BCUT2D eigenvalue weighted by Crippen LogP contribution is -2.18. The van der Waals surface area contributed by atoms with Gasteiger partial charge in [-0.05, 0) is 41.1 Å². The molecule has 0 saturated heterocycles. The molecule has 0 fully saturated rings. The number of halogens is 1. The van der Waals surface area contributed by atoms with Gasteiger partial charge in [-0.25, -0.2) is 14.8 Å². The summed E-state index contributed by atoms with van der Waals surface area (Å²) in [5, 5.41) is 0.474. The quantitative estimate of drug-likeness (QED) is 0.526. The third-order valence-corrected chi connectivity index (χ3v) is 4.09. The molecule has 122 valence electrons. The van der Waals surface area contributed by atoms with Crippen LogP contribution in [0.3, 0.4) is 0 Å². The van der Waals surface area contributed by atoms with E-state index < -0.39 is 12.1 Å². The minimum atomic E-state index is -0.749. The van der Waals surface area contributed by atoms with Crippen LogP contribution in [0, 0.1) is 0 Å². The number of aromatic nitrogens is 3. The van der Waals surface area contributed by atoms with Crippen molar-refractivity contribution in [2.75, 3.05) is 5.73 Å². The number of nitrogens with two attached hydrogens (primary N) is 1. The minimum absolute atomic E-state index is 0.187. The molecule has 0 bridgehead atoms. The van der Waals surface area contributed by atoms with Gasteiger partial charge in [0, 0.05) is 6.20 Å². The highest BCUT2D eigenvalue weighted by Gasteiger charge is 2.19. The van der Waals surface area contributed by atoms with E-state index in [-0.39, 0.29) is 22.6 Å². The fourth-order valence-corrected chi connectivity index (χ4v) is 2.53. The Morgan fingerprint density at radius 2 is 2.08 bits per heavy atom. The number of carbonyl (C=O) groups excluding carboxylic acids is 1. The molecule has 0 saturated carbocycles. The number of fused-ring (bicyclic) bond motifs is 1. The van der Waals surface area contributed by atoms with Crippen molar-refractivity contribution >= 4 is 38.5 Å². The first kappa shape index (κ1) is 16.1. The normalized spacial score (nSPS) is 12.1. The number of benzene rings is 1. The summed E-state index contributed by atoms with van der Waals surface area (Å²) >= 11 is 3.16. The number of nitrogen functional groups attached to an aromatic ring is 1. The summed E-state index contributed by atoms with van der Waals surface area (Å²) in [5.74, 6) is -0.363. The van der Waals surface area contributed by atoms with Crippen LogP contribution in [0.5, 0.6) is 0 Å². The number of esters is 1. The number of H-pyrrole nitrogens is 1. The Balaban J connectivity index is 1.90. The predicted octanol–water partition coefficient (Wildman–Crippen LogP) is 2.58. The topological polar surface area (TPSA) is 111 Å². The number of pyridine rings is 1. The highest BCUT2D eigenvalue weighted by atomic mass is 79.9. The molecule has 0 unspecified atom stereocenters. The third-order valence-electron chi connectivity index (χ3n) is 3.46. The summed E-state index contributed by atoms with van der Waals surface area (Å²) in [6, 6.07) is 8.40. The average molecular weight is 389 g/mol. The Bertz CT molecular complexity index is 986. The van der Waals surface area contributed by atoms with E-state index in [9.17, 15) is 9.59 Å². The van der Waals surface area contributed by atoms with Crippen LogP contribution in [0.25, 0.3) is 10.9 Å². The predicted molar refractivity (Wildman–Crippen MR) is 92.5 cm³/mol. The first-order valence-corrected chi connectivity index (χ1v) is 7.86. The number of para-hydroxylation sites is 1. The maximum Gasteiger partial charge on any atom is 0.341 e.